The highest BCUT2D eigenvalue weighted by atomic mass is 16.6. The van der Waals surface area contributed by atoms with Gasteiger partial charge in [-0.1, -0.05) is 57.2 Å². The molecule has 6 heteroatoms. The highest BCUT2D eigenvalue weighted by Gasteiger charge is 2.41. The summed E-state index contributed by atoms with van der Waals surface area (Å²) in [5, 5.41) is 18.1. The van der Waals surface area contributed by atoms with E-state index >= 15 is 0 Å². The topological polar surface area (TPSA) is 75.5 Å². The number of nitro groups is 1. The molecule has 1 saturated heterocycles. The molecule has 3 aromatic rings. The largest absolute Gasteiger partial charge is 0.373 e. The third kappa shape index (κ3) is 4.08. The van der Waals surface area contributed by atoms with Gasteiger partial charge < -0.3 is 10.2 Å². The van der Waals surface area contributed by atoms with Gasteiger partial charge >= 0.3 is 0 Å². The smallest absolute Gasteiger partial charge is 0.292 e. The van der Waals surface area contributed by atoms with Crippen LogP contribution in [0.15, 0.2) is 60.2 Å². The zero-order valence-electron chi connectivity index (χ0n) is 21.7. The Morgan fingerprint density at radius 2 is 1.89 bits per heavy atom. The number of benzene rings is 3. The number of fused-ring (bicyclic) bond motifs is 4. The van der Waals surface area contributed by atoms with Crippen LogP contribution in [0.1, 0.15) is 63.6 Å². The molecule has 1 N–H and O–H groups in total. The lowest BCUT2D eigenvalue weighted by molar-refractivity contribution is -0.384. The van der Waals surface area contributed by atoms with Crippen LogP contribution in [0.2, 0.25) is 0 Å². The van der Waals surface area contributed by atoms with E-state index in [4.69, 9.17) is 0 Å². The SMILES string of the molecule is C[C@@H]1CCCN(c2ccc([C@H]3Nc4ccc5ccccc5c4C4=C3C(=O)CC(C)(C)C4)cc2[N+](=O)[O-])C1. The van der Waals surface area contributed by atoms with Gasteiger partial charge in [-0.15, -0.1) is 0 Å². The predicted octanol–water partition coefficient (Wildman–Crippen LogP) is 7.29. The van der Waals surface area contributed by atoms with E-state index in [-0.39, 0.29) is 21.8 Å². The first-order valence-electron chi connectivity index (χ1n) is 13.3. The number of carbonyl (C=O) groups is 1. The van der Waals surface area contributed by atoms with Crippen LogP contribution in [0, 0.1) is 21.4 Å². The third-order valence-electron chi connectivity index (χ3n) is 8.27. The second-order valence-electron chi connectivity index (χ2n) is 11.8. The molecule has 0 saturated carbocycles. The highest BCUT2D eigenvalue weighted by Crippen LogP contribution is 2.52. The maximum absolute atomic E-state index is 13.7. The highest BCUT2D eigenvalue weighted by molar-refractivity contribution is 6.12. The molecule has 0 amide bonds. The summed E-state index contributed by atoms with van der Waals surface area (Å²) < 4.78 is 0. The van der Waals surface area contributed by atoms with Crippen molar-refractivity contribution >= 4 is 39.2 Å². The summed E-state index contributed by atoms with van der Waals surface area (Å²) in [4.78, 5) is 27.8. The molecule has 0 radical (unpaired) electrons. The second-order valence-corrected chi connectivity index (χ2v) is 11.8. The molecule has 0 unspecified atom stereocenters. The normalized spacial score (nSPS) is 22.9. The minimum atomic E-state index is -0.416. The van der Waals surface area contributed by atoms with Gasteiger partial charge in [-0.05, 0) is 64.6 Å². The van der Waals surface area contributed by atoms with Crippen molar-refractivity contribution in [1.29, 1.82) is 0 Å². The van der Waals surface area contributed by atoms with Gasteiger partial charge in [0.05, 0.1) is 11.0 Å². The molecule has 3 aromatic carbocycles. The number of piperidine rings is 1. The number of rotatable bonds is 3. The predicted molar refractivity (Wildman–Crippen MR) is 149 cm³/mol. The Labute approximate surface area is 217 Å². The van der Waals surface area contributed by atoms with E-state index in [0.717, 1.165) is 71.1 Å². The minimum Gasteiger partial charge on any atom is -0.373 e. The van der Waals surface area contributed by atoms with E-state index in [1.54, 1.807) is 6.07 Å². The zero-order valence-corrected chi connectivity index (χ0v) is 21.7. The molecule has 190 valence electrons. The summed E-state index contributed by atoms with van der Waals surface area (Å²) >= 11 is 0. The number of anilines is 2. The molecule has 0 bridgehead atoms. The summed E-state index contributed by atoms with van der Waals surface area (Å²) in [5.74, 6) is 0.634. The summed E-state index contributed by atoms with van der Waals surface area (Å²) in [5.41, 5.74) is 5.32. The van der Waals surface area contributed by atoms with E-state index in [1.165, 1.54) is 0 Å². The van der Waals surface area contributed by atoms with E-state index < -0.39 is 6.04 Å². The van der Waals surface area contributed by atoms with E-state index in [2.05, 4.69) is 55.3 Å². The van der Waals surface area contributed by atoms with Crippen molar-refractivity contribution in [3.05, 3.63) is 81.4 Å². The van der Waals surface area contributed by atoms with Crippen LogP contribution in [0.4, 0.5) is 17.1 Å². The lowest BCUT2D eigenvalue weighted by Gasteiger charge is -2.40. The van der Waals surface area contributed by atoms with Gasteiger partial charge in [0.2, 0.25) is 0 Å². The lowest BCUT2D eigenvalue weighted by Crippen LogP contribution is -2.35. The van der Waals surface area contributed by atoms with E-state index in [9.17, 15) is 14.9 Å². The van der Waals surface area contributed by atoms with Gasteiger partial charge in [-0.3, -0.25) is 14.9 Å². The third-order valence-corrected chi connectivity index (χ3v) is 8.27. The van der Waals surface area contributed by atoms with Gasteiger partial charge in [0.25, 0.3) is 5.69 Å². The summed E-state index contributed by atoms with van der Waals surface area (Å²) in [7, 11) is 0. The van der Waals surface area contributed by atoms with Crippen molar-refractivity contribution in [3.8, 4) is 0 Å². The van der Waals surface area contributed by atoms with Gasteiger partial charge in [0.15, 0.2) is 5.78 Å². The van der Waals surface area contributed by atoms with Crippen LogP contribution in [0.5, 0.6) is 0 Å². The standard InChI is InChI=1S/C31H33N3O3/c1-19-7-6-14-33(18-19)25-13-11-21(15-26(25)34(36)37)30-29-23(16-31(2,3)17-27(29)35)28-22-9-5-4-8-20(22)10-12-24(28)32-30/h4-5,8-13,15,19,30,32H,6-7,14,16-18H2,1-3H3/t19-,30-/m1/s1. The Hall–Kier alpha value is -3.67. The quantitative estimate of drug-likeness (QED) is 0.305. The molecule has 0 spiro atoms. The van der Waals surface area contributed by atoms with E-state index in [0.29, 0.717) is 18.0 Å². The van der Waals surface area contributed by atoms with Crippen molar-refractivity contribution in [3.63, 3.8) is 0 Å². The van der Waals surface area contributed by atoms with Crippen molar-refractivity contribution in [1.82, 2.24) is 0 Å². The average Bonchev–Trinajstić information content (AvgIpc) is 2.86. The van der Waals surface area contributed by atoms with Crippen molar-refractivity contribution in [2.24, 2.45) is 11.3 Å². The number of hydrogen-bond acceptors (Lipinski definition) is 5. The molecular weight excluding hydrogens is 462 g/mol. The molecule has 0 aromatic heterocycles. The van der Waals surface area contributed by atoms with Crippen molar-refractivity contribution < 1.29 is 9.72 Å². The Morgan fingerprint density at radius 1 is 1.08 bits per heavy atom. The van der Waals surface area contributed by atoms with Gasteiger partial charge in [-0.25, -0.2) is 0 Å². The molecule has 1 aliphatic carbocycles. The van der Waals surface area contributed by atoms with Crippen LogP contribution >= 0.6 is 0 Å². The Bertz CT molecular complexity index is 1470. The van der Waals surface area contributed by atoms with Crippen LogP contribution in [-0.4, -0.2) is 23.8 Å². The number of nitro benzene ring substituents is 1. The molecule has 37 heavy (non-hydrogen) atoms. The number of hydrogen-bond donors (Lipinski definition) is 1. The number of nitrogens with one attached hydrogen (secondary N) is 1. The molecule has 3 aliphatic rings. The first-order valence-corrected chi connectivity index (χ1v) is 13.3. The van der Waals surface area contributed by atoms with Gasteiger partial charge in [0.1, 0.15) is 5.69 Å². The van der Waals surface area contributed by atoms with Gasteiger partial charge in [0, 0.05) is 42.4 Å². The summed E-state index contributed by atoms with van der Waals surface area (Å²) in [6.45, 7) is 8.15. The number of carbonyl (C=O) groups excluding carboxylic acids is 1. The van der Waals surface area contributed by atoms with Gasteiger partial charge in [-0.2, -0.15) is 0 Å². The molecule has 2 atom stereocenters. The maximum atomic E-state index is 13.7. The van der Waals surface area contributed by atoms with Crippen LogP contribution < -0.4 is 10.2 Å². The fourth-order valence-electron chi connectivity index (χ4n) is 6.63. The summed E-state index contributed by atoms with van der Waals surface area (Å²) in [6, 6.07) is 17.6. The Kier molecular flexibility index (Phi) is 5.59. The number of Topliss-reactive ketones (excluding diaryl/α,β-unsaturated/α-hetero) is 1. The van der Waals surface area contributed by atoms with Crippen molar-refractivity contribution in [2.75, 3.05) is 23.3 Å². The molecule has 6 rings (SSSR count). The summed E-state index contributed by atoms with van der Waals surface area (Å²) in [6.07, 6.45) is 3.45. The molecule has 2 aliphatic heterocycles. The van der Waals surface area contributed by atoms with E-state index in [1.807, 2.05) is 24.3 Å². The van der Waals surface area contributed by atoms with Crippen LogP contribution in [0.3, 0.4) is 0 Å². The first kappa shape index (κ1) is 23.7. The number of nitrogens with zero attached hydrogens (tertiary/aromatic N) is 2. The fourth-order valence-corrected chi connectivity index (χ4v) is 6.63. The maximum Gasteiger partial charge on any atom is 0.292 e. The number of allylic oxidation sites excluding steroid dienone is 1. The lowest BCUT2D eigenvalue weighted by atomic mass is 9.68. The molecule has 2 heterocycles. The first-order chi connectivity index (χ1) is 17.7. The monoisotopic (exact) mass is 495 g/mol. The Morgan fingerprint density at radius 3 is 2.68 bits per heavy atom. The van der Waals surface area contributed by atoms with Crippen molar-refractivity contribution in [2.45, 2.75) is 52.5 Å². The number of ketones is 1. The minimum absolute atomic E-state index is 0.114. The van der Waals surface area contributed by atoms with Crippen LogP contribution in [-0.2, 0) is 4.79 Å². The second kappa shape index (κ2) is 8.72. The average molecular weight is 496 g/mol. The molecular formula is C31H33N3O3. The molecule has 1 fully saturated rings. The van der Waals surface area contributed by atoms with Crippen LogP contribution in [0.25, 0.3) is 16.3 Å². The Balaban J connectivity index is 1.51. The zero-order chi connectivity index (χ0) is 25.9. The fraction of sp³-hybridized carbons (Fsp3) is 0.387. The molecule has 6 nitrogen and oxygen atoms in total.